The molecular formula is C22H19F3N4OS. The first-order chi connectivity index (χ1) is 14.8. The Hall–Kier alpha value is -3.20. The quantitative estimate of drug-likeness (QED) is 0.411. The van der Waals surface area contributed by atoms with Gasteiger partial charge in [0, 0.05) is 29.3 Å². The number of methoxy groups -OCH3 is 1. The number of hydrogen-bond acceptors (Lipinski definition) is 6. The second kappa shape index (κ2) is 8.50. The molecule has 0 saturated carbocycles. The average Bonchev–Trinajstić information content (AvgIpc) is 3.22. The lowest BCUT2D eigenvalue weighted by Crippen LogP contribution is -2.14. The second-order valence-electron chi connectivity index (χ2n) is 6.95. The van der Waals surface area contributed by atoms with E-state index < -0.39 is 12.0 Å². The molecule has 2 aromatic carbocycles. The van der Waals surface area contributed by atoms with E-state index in [4.69, 9.17) is 4.74 Å². The Labute approximate surface area is 181 Å². The summed E-state index contributed by atoms with van der Waals surface area (Å²) in [5, 5.41) is 6.44. The van der Waals surface area contributed by atoms with Gasteiger partial charge in [-0.1, -0.05) is 11.6 Å². The van der Waals surface area contributed by atoms with Crippen LogP contribution in [0.4, 0.5) is 19.0 Å². The predicted molar refractivity (Wildman–Crippen MR) is 116 cm³/mol. The maximum atomic E-state index is 13.2. The number of anilines is 1. The number of alkyl halides is 3. The number of hydrogen-bond donors (Lipinski definition) is 1. The summed E-state index contributed by atoms with van der Waals surface area (Å²) in [5.41, 5.74) is 3.00. The van der Waals surface area contributed by atoms with Gasteiger partial charge in [0.05, 0.1) is 23.3 Å². The molecule has 0 unspecified atom stereocenters. The van der Waals surface area contributed by atoms with Crippen molar-refractivity contribution < 1.29 is 17.9 Å². The molecule has 4 aromatic rings. The van der Waals surface area contributed by atoms with Gasteiger partial charge >= 0.3 is 6.18 Å². The number of aryl methyl sites for hydroxylation is 1. The number of nitrogens with one attached hydrogen (secondary N) is 1. The van der Waals surface area contributed by atoms with Crippen molar-refractivity contribution in [1.29, 1.82) is 0 Å². The van der Waals surface area contributed by atoms with E-state index in [1.807, 2.05) is 36.6 Å². The zero-order valence-electron chi connectivity index (χ0n) is 16.8. The zero-order chi connectivity index (χ0) is 22.0. The van der Waals surface area contributed by atoms with Gasteiger partial charge in [0.25, 0.3) is 0 Å². The Balaban J connectivity index is 1.50. The topological polar surface area (TPSA) is 59.9 Å². The monoisotopic (exact) mass is 444 g/mol. The molecule has 4 rings (SSSR count). The van der Waals surface area contributed by atoms with Gasteiger partial charge in [-0.2, -0.15) is 13.2 Å². The zero-order valence-corrected chi connectivity index (χ0v) is 17.6. The van der Waals surface area contributed by atoms with E-state index in [-0.39, 0.29) is 11.3 Å². The fraction of sp³-hybridized carbons (Fsp3) is 0.227. The first-order valence-corrected chi connectivity index (χ1v) is 10.4. The number of nitrogens with zero attached hydrogens (tertiary/aromatic N) is 3. The van der Waals surface area contributed by atoms with Crippen LogP contribution in [0.5, 0.6) is 5.75 Å². The molecule has 0 bridgehead atoms. The van der Waals surface area contributed by atoms with Gasteiger partial charge in [0.15, 0.2) is 0 Å². The van der Waals surface area contributed by atoms with Gasteiger partial charge in [-0.3, -0.25) is 0 Å². The summed E-state index contributed by atoms with van der Waals surface area (Å²) in [6, 6.07) is 12.7. The van der Waals surface area contributed by atoms with Gasteiger partial charge in [0.1, 0.15) is 11.6 Å². The molecule has 1 N–H and O–H groups in total. The molecule has 9 heteroatoms. The van der Waals surface area contributed by atoms with E-state index in [0.29, 0.717) is 18.4 Å². The van der Waals surface area contributed by atoms with Crippen LogP contribution >= 0.6 is 11.3 Å². The molecule has 0 atom stereocenters. The van der Waals surface area contributed by atoms with Crippen molar-refractivity contribution in [3.63, 3.8) is 0 Å². The number of ether oxygens (including phenoxy) is 1. The number of fused-ring (bicyclic) bond motifs is 1. The second-order valence-corrected chi connectivity index (χ2v) is 7.89. The predicted octanol–water partition coefficient (Wildman–Crippen LogP) is 5.74. The van der Waals surface area contributed by atoms with Crippen LogP contribution in [0.15, 0.2) is 47.8 Å². The third-order valence-corrected chi connectivity index (χ3v) is 5.58. The van der Waals surface area contributed by atoms with Crippen molar-refractivity contribution in [2.45, 2.75) is 19.5 Å². The van der Waals surface area contributed by atoms with Crippen molar-refractivity contribution in [3.05, 3.63) is 64.2 Å². The lowest BCUT2D eigenvalue weighted by atomic mass is 10.1. The van der Waals surface area contributed by atoms with Crippen LogP contribution in [0.3, 0.4) is 0 Å². The highest BCUT2D eigenvalue weighted by atomic mass is 32.1. The van der Waals surface area contributed by atoms with E-state index in [1.54, 1.807) is 25.3 Å². The summed E-state index contributed by atoms with van der Waals surface area (Å²) in [5.74, 6) is -0.204. The van der Waals surface area contributed by atoms with Gasteiger partial charge in [-0.15, -0.1) is 11.3 Å². The average molecular weight is 444 g/mol. The molecule has 0 amide bonds. The van der Waals surface area contributed by atoms with E-state index >= 15 is 0 Å². The molecule has 2 heterocycles. The molecule has 0 saturated heterocycles. The molecule has 0 aliphatic heterocycles. The van der Waals surface area contributed by atoms with Crippen molar-refractivity contribution >= 4 is 28.1 Å². The Kier molecular flexibility index (Phi) is 5.77. The maximum Gasteiger partial charge on any atom is 0.451 e. The van der Waals surface area contributed by atoms with Gasteiger partial charge < -0.3 is 10.1 Å². The molecule has 2 aromatic heterocycles. The van der Waals surface area contributed by atoms with Gasteiger partial charge in [-0.25, -0.2) is 15.0 Å². The molecule has 0 spiro atoms. The largest absolute Gasteiger partial charge is 0.497 e. The van der Waals surface area contributed by atoms with Crippen LogP contribution in [0.2, 0.25) is 0 Å². The summed E-state index contributed by atoms with van der Waals surface area (Å²) >= 11 is 1.51. The molecule has 160 valence electrons. The van der Waals surface area contributed by atoms with E-state index in [2.05, 4.69) is 20.3 Å². The minimum Gasteiger partial charge on any atom is -0.497 e. The molecule has 31 heavy (non-hydrogen) atoms. The van der Waals surface area contributed by atoms with Gasteiger partial charge in [0.2, 0.25) is 5.82 Å². The molecular weight excluding hydrogens is 425 g/mol. The SMILES string of the molecule is COc1ccc(-c2csc(CCNc3nc(C(F)(F)F)nc4ccc(C)cc34)n2)cc1. The molecule has 0 aliphatic carbocycles. The van der Waals surface area contributed by atoms with Crippen LogP contribution in [-0.2, 0) is 12.6 Å². The molecule has 0 fully saturated rings. The first-order valence-electron chi connectivity index (χ1n) is 9.52. The fourth-order valence-corrected chi connectivity index (χ4v) is 3.92. The normalized spacial score (nSPS) is 11.6. The Bertz CT molecular complexity index is 1210. The number of aromatic nitrogens is 3. The third kappa shape index (κ3) is 4.77. The summed E-state index contributed by atoms with van der Waals surface area (Å²) in [7, 11) is 1.61. The van der Waals surface area contributed by atoms with Crippen LogP contribution in [0, 0.1) is 6.92 Å². The maximum absolute atomic E-state index is 13.2. The third-order valence-electron chi connectivity index (χ3n) is 4.67. The fourth-order valence-electron chi connectivity index (χ4n) is 3.11. The van der Waals surface area contributed by atoms with E-state index in [1.165, 1.54) is 11.3 Å². The summed E-state index contributed by atoms with van der Waals surface area (Å²) in [6.45, 7) is 2.27. The van der Waals surface area contributed by atoms with Crippen LogP contribution in [0.25, 0.3) is 22.2 Å². The minimum atomic E-state index is -4.61. The molecule has 0 aliphatic rings. The molecule has 0 radical (unpaired) electrons. The minimum absolute atomic E-state index is 0.174. The van der Waals surface area contributed by atoms with E-state index in [9.17, 15) is 13.2 Å². The van der Waals surface area contributed by atoms with Crippen LogP contribution < -0.4 is 10.1 Å². The number of rotatable bonds is 6. The Morgan fingerprint density at radius 3 is 2.52 bits per heavy atom. The summed E-state index contributed by atoms with van der Waals surface area (Å²) in [4.78, 5) is 12.0. The summed E-state index contributed by atoms with van der Waals surface area (Å²) in [6.07, 6.45) is -4.06. The number of halogens is 3. The highest BCUT2D eigenvalue weighted by molar-refractivity contribution is 7.09. The number of thiazole rings is 1. The van der Waals surface area contributed by atoms with Crippen molar-refractivity contribution in [2.24, 2.45) is 0 Å². The Morgan fingerprint density at radius 1 is 1.03 bits per heavy atom. The highest BCUT2D eigenvalue weighted by Gasteiger charge is 2.35. The van der Waals surface area contributed by atoms with Crippen LogP contribution in [-0.4, -0.2) is 28.6 Å². The first kappa shape index (κ1) is 21.0. The Morgan fingerprint density at radius 2 is 1.81 bits per heavy atom. The van der Waals surface area contributed by atoms with Gasteiger partial charge in [-0.05, 0) is 43.3 Å². The van der Waals surface area contributed by atoms with Crippen molar-refractivity contribution in [3.8, 4) is 17.0 Å². The summed E-state index contributed by atoms with van der Waals surface area (Å²) < 4.78 is 44.8. The lowest BCUT2D eigenvalue weighted by Gasteiger charge is -2.12. The van der Waals surface area contributed by atoms with Crippen molar-refractivity contribution in [2.75, 3.05) is 19.0 Å². The smallest absolute Gasteiger partial charge is 0.451 e. The standard InChI is InChI=1S/C22H19F3N4OS/c1-13-3-8-17-16(11-13)20(29-21(28-17)22(23,24)25)26-10-9-19-27-18(12-31-19)14-4-6-15(30-2)7-5-14/h3-8,11-12H,9-10H2,1-2H3,(H,26,28,29). The van der Waals surface area contributed by atoms with E-state index in [0.717, 1.165) is 27.6 Å². The molecule has 5 nitrogen and oxygen atoms in total. The number of benzene rings is 2. The van der Waals surface area contributed by atoms with Crippen molar-refractivity contribution in [1.82, 2.24) is 15.0 Å². The highest BCUT2D eigenvalue weighted by Crippen LogP contribution is 2.31. The lowest BCUT2D eigenvalue weighted by molar-refractivity contribution is -0.144. The van der Waals surface area contributed by atoms with Crippen LogP contribution in [0.1, 0.15) is 16.4 Å².